The number of benzene rings is 1. The Morgan fingerprint density at radius 2 is 1.90 bits per heavy atom. The van der Waals surface area contributed by atoms with Gasteiger partial charge >= 0.3 is 0 Å². The average Bonchev–Trinajstić information content (AvgIpc) is 3.09. The fraction of sp³-hybridized carbons (Fsp3) is 0.588. The molecule has 0 radical (unpaired) electrons. The molecule has 4 fully saturated rings. The molecular weight excluding hydrogens is 250 g/mol. The van der Waals surface area contributed by atoms with Gasteiger partial charge in [-0.2, -0.15) is 0 Å². The number of piperidine rings is 1. The highest BCUT2D eigenvalue weighted by Gasteiger charge is 2.65. The van der Waals surface area contributed by atoms with Gasteiger partial charge in [0, 0.05) is 18.5 Å². The number of hydrogen-bond acceptors (Lipinski definition) is 2. The highest BCUT2D eigenvalue weighted by Crippen LogP contribution is 2.57. The summed E-state index contributed by atoms with van der Waals surface area (Å²) in [4.78, 5) is 14.9. The number of hydrogen-bond donors (Lipinski definition) is 0. The van der Waals surface area contributed by atoms with Crippen LogP contribution in [0.25, 0.3) is 0 Å². The molecule has 3 unspecified atom stereocenters. The van der Waals surface area contributed by atoms with Gasteiger partial charge in [0.05, 0.1) is 18.6 Å². The van der Waals surface area contributed by atoms with Crippen molar-refractivity contribution in [2.75, 3.05) is 19.7 Å². The molecule has 1 aromatic carbocycles. The van der Waals surface area contributed by atoms with Gasteiger partial charge in [-0.3, -0.25) is 4.79 Å². The van der Waals surface area contributed by atoms with Crippen molar-refractivity contribution in [3.63, 3.8) is 0 Å². The third-order valence-corrected chi connectivity index (χ3v) is 5.37. The Kier molecular flexibility index (Phi) is 2.84. The summed E-state index contributed by atoms with van der Waals surface area (Å²) in [6.45, 7) is 2.59. The van der Waals surface area contributed by atoms with Gasteiger partial charge in [0.25, 0.3) is 0 Å². The molecule has 1 amide bonds. The third kappa shape index (κ3) is 1.65. The van der Waals surface area contributed by atoms with E-state index in [1.54, 1.807) is 0 Å². The van der Waals surface area contributed by atoms with Crippen molar-refractivity contribution in [2.45, 2.75) is 37.2 Å². The van der Waals surface area contributed by atoms with E-state index < -0.39 is 0 Å². The normalized spacial score (nSPS) is 35.7. The Hall–Kier alpha value is -1.35. The van der Waals surface area contributed by atoms with Gasteiger partial charge < -0.3 is 9.64 Å². The van der Waals surface area contributed by atoms with Crippen LogP contribution >= 0.6 is 0 Å². The van der Waals surface area contributed by atoms with Crippen molar-refractivity contribution in [2.24, 2.45) is 5.92 Å². The molecular formula is C17H21NO2. The van der Waals surface area contributed by atoms with Gasteiger partial charge in [-0.15, -0.1) is 0 Å². The van der Waals surface area contributed by atoms with E-state index in [1.807, 2.05) is 6.07 Å². The Morgan fingerprint density at radius 3 is 2.60 bits per heavy atom. The molecule has 0 N–H and O–H groups in total. The van der Waals surface area contributed by atoms with Crippen molar-refractivity contribution in [1.29, 1.82) is 0 Å². The first-order chi connectivity index (χ1) is 9.81. The Balaban J connectivity index is 1.60. The molecule has 20 heavy (non-hydrogen) atoms. The van der Waals surface area contributed by atoms with E-state index in [4.69, 9.17) is 4.74 Å². The van der Waals surface area contributed by atoms with Gasteiger partial charge in [-0.1, -0.05) is 30.3 Å². The lowest BCUT2D eigenvalue weighted by Crippen LogP contribution is -2.57. The Bertz CT molecular complexity index is 505. The SMILES string of the molecule is O=C(C1C2CC1(c1ccccc1)CO2)N1CCCCC1. The summed E-state index contributed by atoms with van der Waals surface area (Å²) in [5, 5.41) is 0. The first-order valence-corrected chi connectivity index (χ1v) is 7.77. The summed E-state index contributed by atoms with van der Waals surface area (Å²) in [5.41, 5.74) is 1.24. The number of likely N-dealkylation sites (tertiary alicyclic amines) is 1. The molecule has 1 aliphatic carbocycles. The second-order valence-electron chi connectivity index (χ2n) is 6.44. The quantitative estimate of drug-likeness (QED) is 0.826. The molecule has 3 atom stereocenters. The monoisotopic (exact) mass is 271 g/mol. The highest BCUT2D eigenvalue weighted by molar-refractivity contribution is 5.83. The average molecular weight is 271 g/mol. The minimum atomic E-state index is -0.0412. The fourth-order valence-electron chi connectivity index (χ4n) is 4.22. The fourth-order valence-corrected chi connectivity index (χ4v) is 4.22. The van der Waals surface area contributed by atoms with E-state index >= 15 is 0 Å². The van der Waals surface area contributed by atoms with Crippen molar-refractivity contribution in [3.05, 3.63) is 35.9 Å². The summed E-state index contributed by atoms with van der Waals surface area (Å²) in [6, 6.07) is 10.5. The molecule has 5 rings (SSSR count). The molecule has 0 spiro atoms. The molecule has 3 saturated heterocycles. The molecule has 106 valence electrons. The van der Waals surface area contributed by atoms with E-state index in [9.17, 15) is 4.79 Å². The maximum Gasteiger partial charge on any atom is 0.229 e. The van der Waals surface area contributed by atoms with E-state index in [0.717, 1.165) is 32.4 Å². The summed E-state index contributed by atoms with van der Waals surface area (Å²) in [5.74, 6) is 0.394. The summed E-state index contributed by atoms with van der Waals surface area (Å²) < 4.78 is 5.86. The molecule has 1 saturated carbocycles. The molecule has 3 nitrogen and oxygen atoms in total. The molecule has 0 aromatic heterocycles. The third-order valence-electron chi connectivity index (χ3n) is 5.37. The van der Waals surface area contributed by atoms with Crippen LogP contribution in [0, 0.1) is 5.92 Å². The number of amides is 1. The molecule has 2 bridgehead atoms. The maximum atomic E-state index is 12.9. The second kappa shape index (κ2) is 4.59. The predicted octanol–water partition coefficient (Wildman–Crippen LogP) is 2.36. The van der Waals surface area contributed by atoms with Gasteiger partial charge in [0.1, 0.15) is 0 Å². The minimum absolute atomic E-state index is 0.0412. The van der Waals surface area contributed by atoms with Crippen LogP contribution in [0.1, 0.15) is 31.2 Å². The lowest BCUT2D eigenvalue weighted by molar-refractivity contribution is -0.144. The first kappa shape index (κ1) is 12.4. The number of nitrogens with zero attached hydrogens (tertiary/aromatic N) is 1. The summed E-state index contributed by atoms with van der Waals surface area (Å²) in [7, 11) is 0. The van der Waals surface area contributed by atoms with Crippen LogP contribution < -0.4 is 0 Å². The Labute approximate surface area is 119 Å². The number of carbonyl (C=O) groups is 1. The topological polar surface area (TPSA) is 29.5 Å². The molecule has 4 aliphatic rings. The zero-order chi connectivity index (χ0) is 13.6. The van der Waals surface area contributed by atoms with Gasteiger partial charge in [-0.25, -0.2) is 0 Å². The predicted molar refractivity (Wildman–Crippen MR) is 76.4 cm³/mol. The molecule has 1 aromatic rings. The highest BCUT2D eigenvalue weighted by atomic mass is 16.5. The van der Waals surface area contributed by atoms with Crippen LogP contribution in [0.5, 0.6) is 0 Å². The van der Waals surface area contributed by atoms with Gasteiger partial charge in [-0.05, 0) is 31.2 Å². The van der Waals surface area contributed by atoms with Gasteiger partial charge in [0.15, 0.2) is 0 Å². The first-order valence-electron chi connectivity index (χ1n) is 7.77. The second-order valence-corrected chi connectivity index (χ2v) is 6.44. The van der Waals surface area contributed by atoms with Crippen molar-refractivity contribution in [1.82, 2.24) is 4.90 Å². The Morgan fingerprint density at radius 1 is 1.15 bits per heavy atom. The number of ether oxygens (including phenoxy) is 1. The smallest absolute Gasteiger partial charge is 0.229 e. The number of carbonyl (C=O) groups excluding carboxylic acids is 1. The zero-order valence-corrected chi connectivity index (χ0v) is 11.8. The van der Waals surface area contributed by atoms with Crippen LogP contribution in [-0.4, -0.2) is 36.6 Å². The lowest BCUT2D eigenvalue weighted by Gasteiger charge is -2.46. The van der Waals surface area contributed by atoms with Crippen LogP contribution in [0.4, 0.5) is 0 Å². The summed E-state index contributed by atoms with van der Waals surface area (Å²) in [6.07, 6.45) is 4.74. The lowest BCUT2D eigenvalue weighted by atomic mass is 9.57. The van der Waals surface area contributed by atoms with E-state index in [1.165, 1.54) is 12.0 Å². The van der Waals surface area contributed by atoms with E-state index in [2.05, 4.69) is 29.2 Å². The van der Waals surface area contributed by atoms with E-state index in [-0.39, 0.29) is 17.4 Å². The number of rotatable bonds is 2. The van der Waals surface area contributed by atoms with Gasteiger partial charge in [0.2, 0.25) is 5.91 Å². The summed E-state index contributed by atoms with van der Waals surface area (Å²) >= 11 is 0. The molecule has 3 heteroatoms. The minimum Gasteiger partial charge on any atom is -0.376 e. The van der Waals surface area contributed by atoms with Crippen LogP contribution in [0.15, 0.2) is 30.3 Å². The zero-order valence-electron chi connectivity index (χ0n) is 11.8. The van der Waals surface area contributed by atoms with Crippen LogP contribution in [0.2, 0.25) is 0 Å². The number of fused-ring (bicyclic) bond motifs is 1. The largest absolute Gasteiger partial charge is 0.376 e. The van der Waals surface area contributed by atoms with E-state index in [0.29, 0.717) is 12.5 Å². The standard InChI is InChI=1S/C17H21NO2/c19-16(18-9-5-2-6-10-18)15-14-11-17(15,12-20-14)13-7-3-1-4-8-13/h1,3-4,7-8,14-15H,2,5-6,9-12H2. The van der Waals surface area contributed by atoms with Crippen molar-refractivity contribution < 1.29 is 9.53 Å². The van der Waals surface area contributed by atoms with Crippen LogP contribution in [0.3, 0.4) is 0 Å². The molecule has 3 aliphatic heterocycles. The molecule has 3 heterocycles. The van der Waals surface area contributed by atoms with Crippen molar-refractivity contribution >= 4 is 5.91 Å². The van der Waals surface area contributed by atoms with Crippen molar-refractivity contribution in [3.8, 4) is 0 Å². The van der Waals surface area contributed by atoms with Crippen LogP contribution in [-0.2, 0) is 14.9 Å². The maximum absolute atomic E-state index is 12.9.